The van der Waals surface area contributed by atoms with Crippen molar-refractivity contribution < 1.29 is 29.6 Å². The highest BCUT2D eigenvalue weighted by molar-refractivity contribution is 5.69. The summed E-state index contributed by atoms with van der Waals surface area (Å²) in [4.78, 5) is 21.6. The number of aliphatic hydroxyl groups excluding tert-OH is 2. The molecule has 0 radical (unpaired) electrons. The number of ether oxygens (including phenoxy) is 1. The number of rotatable bonds is 32. The topological polar surface area (TPSA) is 104 Å². The third-order valence-corrected chi connectivity index (χ3v) is 8.77. The molecular weight excluding hydrogens is 552 g/mol. The fourth-order valence-electron chi connectivity index (χ4n) is 5.55. The number of aliphatic carboxylic acids is 1. The van der Waals surface area contributed by atoms with Gasteiger partial charge in [0, 0.05) is 6.42 Å². The van der Waals surface area contributed by atoms with Gasteiger partial charge in [-0.3, -0.25) is 9.59 Å². The molecule has 0 fully saturated rings. The van der Waals surface area contributed by atoms with E-state index in [0.717, 1.165) is 70.6 Å². The third-order valence-electron chi connectivity index (χ3n) is 8.77. The average Bonchev–Trinajstić information content (AvgIpc) is 3.01. The van der Waals surface area contributed by atoms with E-state index in [1.54, 1.807) is 6.92 Å². The Labute approximate surface area is 273 Å². The highest BCUT2D eigenvalue weighted by atomic mass is 16.5. The summed E-state index contributed by atoms with van der Waals surface area (Å²) in [5.41, 5.74) is 0. The van der Waals surface area contributed by atoms with Gasteiger partial charge in [-0.25, -0.2) is 0 Å². The maximum absolute atomic E-state index is 10.9. The molecule has 264 valence electrons. The molecule has 0 aromatic rings. The van der Waals surface area contributed by atoms with E-state index in [1.165, 1.54) is 116 Å². The van der Waals surface area contributed by atoms with Crippen LogP contribution in [0.1, 0.15) is 207 Å². The van der Waals surface area contributed by atoms with Crippen LogP contribution in [-0.4, -0.2) is 46.6 Å². The van der Waals surface area contributed by atoms with Crippen LogP contribution < -0.4 is 0 Å². The van der Waals surface area contributed by atoms with Gasteiger partial charge in [-0.1, -0.05) is 162 Å². The summed E-state index contributed by atoms with van der Waals surface area (Å²) >= 11 is 0. The van der Waals surface area contributed by atoms with Crippen LogP contribution >= 0.6 is 0 Å². The summed E-state index contributed by atoms with van der Waals surface area (Å²) < 4.78 is 4.62. The fraction of sp³-hybridized carbons (Fsp3) is 0.947. The first-order valence-electron chi connectivity index (χ1n) is 18.9. The van der Waals surface area contributed by atoms with Gasteiger partial charge in [0.05, 0.1) is 25.2 Å². The van der Waals surface area contributed by atoms with Crippen molar-refractivity contribution in [3.8, 4) is 0 Å². The van der Waals surface area contributed by atoms with Gasteiger partial charge < -0.3 is 20.1 Å². The van der Waals surface area contributed by atoms with Gasteiger partial charge in [0.1, 0.15) is 0 Å². The lowest BCUT2D eigenvalue weighted by Gasteiger charge is -2.10. The number of carbonyl (C=O) groups excluding carboxylic acids is 1. The Morgan fingerprint density at radius 3 is 1.11 bits per heavy atom. The van der Waals surface area contributed by atoms with E-state index in [4.69, 9.17) is 5.11 Å². The summed E-state index contributed by atoms with van der Waals surface area (Å²) in [5.74, 6) is -0.958. The third kappa shape index (κ3) is 37.0. The zero-order chi connectivity index (χ0) is 33.1. The Kier molecular flexibility index (Phi) is 37.1. The normalized spacial score (nSPS) is 13.1. The van der Waals surface area contributed by atoms with E-state index in [2.05, 4.69) is 18.6 Å². The lowest BCUT2D eigenvalue weighted by Crippen LogP contribution is -2.08. The maximum Gasteiger partial charge on any atom is 0.306 e. The highest BCUT2D eigenvalue weighted by Gasteiger charge is 2.09. The predicted molar refractivity (Wildman–Crippen MR) is 186 cm³/mol. The number of unbranched alkanes of at least 4 members (excludes halogenated alkanes) is 19. The molecule has 0 saturated heterocycles. The number of esters is 1. The van der Waals surface area contributed by atoms with Gasteiger partial charge in [-0.15, -0.1) is 0 Å². The second-order valence-electron chi connectivity index (χ2n) is 13.2. The van der Waals surface area contributed by atoms with E-state index in [-0.39, 0.29) is 24.1 Å². The molecule has 0 spiro atoms. The van der Waals surface area contributed by atoms with Crippen LogP contribution in [0.2, 0.25) is 0 Å². The molecule has 3 atom stereocenters. The second-order valence-corrected chi connectivity index (χ2v) is 13.2. The van der Waals surface area contributed by atoms with Crippen molar-refractivity contribution in [2.75, 3.05) is 7.11 Å². The summed E-state index contributed by atoms with van der Waals surface area (Å²) in [6.07, 6.45) is 32.9. The Balaban J connectivity index is 0. The minimum Gasteiger partial charge on any atom is -0.481 e. The Hall–Kier alpha value is -1.14. The molecule has 6 heteroatoms. The van der Waals surface area contributed by atoms with Crippen molar-refractivity contribution in [3.05, 3.63) is 0 Å². The molecule has 0 saturated carbocycles. The molecule has 44 heavy (non-hydrogen) atoms. The van der Waals surface area contributed by atoms with Gasteiger partial charge in [0.15, 0.2) is 0 Å². The number of carbonyl (C=O) groups is 2. The lowest BCUT2D eigenvalue weighted by atomic mass is 10.0. The van der Waals surface area contributed by atoms with Crippen molar-refractivity contribution in [2.45, 2.75) is 219 Å². The molecule has 3 unspecified atom stereocenters. The standard InChI is InChI=1S/2C19H38O3/c1-3-4-5-12-15-18(20)16-13-10-8-6-7-9-11-14-17-19(21)22-2;1-3-4-5-12-15-18(20)16-13-10-8-6-7-9-11-14-17(2)19(21)22/h18,20H,3-17H2,1-2H3;17-18,20H,3-16H2,1-2H3,(H,21,22). The number of aliphatic hydroxyl groups is 2. The zero-order valence-electron chi connectivity index (χ0n) is 29.8. The van der Waals surface area contributed by atoms with Gasteiger partial charge in [0.25, 0.3) is 0 Å². The monoisotopic (exact) mass is 629 g/mol. The lowest BCUT2D eigenvalue weighted by molar-refractivity contribution is -0.142. The molecule has 0 heterocycles. The van der Waals surface area contributed by atoms with E-state index >= 15 is 0 Å². The molecule has 0 aliphatic rings. The fourth-order valence-corrected chi connectivity index (χ4v) is 5.55. The molecule has 0 amide bonds. The highest BCUT2D eigenvalue weighted by Crippen LogP contribution is 2.16. The maximum atomic E-state index is 10.9. The van der Waals surface area contributed by atoms with Gasteiger partial charge in [-0.05, 0) is 38.5 Å². The summed E-state index contributed by atoms with van der Waals surface area (Å²) in [7, 11) is 1.45. The minimum absolute atomic E-state index is 0.0739. The van der Waals surface area contributed by atoms with E-state index in [9.17, 15) is 19.8 Å². The molecule has 0 aromatic heterocycles. The zero-order valence-corrected chi connectivity index (χ0v) is 29.8. The minimum atomic E-state index is -0.673. The summed E-state index contributed by atoms with van der Waals surface area (Å²) in [5, 5.41) is 28.5. The Bertz CT molecular complexity index is 594. The van der Waals surface area contributed by atoms with E-state index in [1.807, 2.05) is 0 Å². The molecule has 0 aliphatic carbocycles. The van der Waals surface area contributed by atoms with Crippen LogP contribution in [0.25, 0.3) is 0 Å². The predicted octanol–water partition coefficient (Wildman–Crippen LogP) is 10.9. The van der Waals surface area contributed by atoms with Crippen LogP contribution in [0.3, 0.4) is 0 Å². The van der Waals surface area contributed by atoms with Crippen molar-refractivity contribution in [1.29, 1.82) is 0 Å². The first-order valence-corrected chi connectivity index (χ1v) is 18.9. The molecule has 6 nitrogen and oxygen atoms in total. The van der Waals surface area contributed by atoms with Crippen molar-refractivity contribution >= 4 is 11.9 Å². The smallest absolute Gasteiger partial charge is 0.306 e. The number of hydrogen-bond acceptors (Lipinski definition) is 5. The van der Waals surface area contributed by atoms with Crippen molar-refractivity contribution in [2.24, 2.45) is 5.92 Å². The molecule has 0 bridgehead atoms. The Morgan fingerprint density at radius 1 is 0.500 bits per heavy atom. The van der Waals surface area contributed by atoms with Crippen molar-refractivity contribution in [3.63, 3.8) is 0 Å². The molecule has 0 aliphatic heterocycles. The first-order chi connectivity index (χ1) is 21.3. The van der Waals surface area contributed by atoms with Crippen LogP contribution in [0.4, 0.5) is 0 Å². The van der Waals surface area contributed by atoms with E-state index in [0.29, 0.717) is 6.42 Å². The Morgan fingerprint density at radius 2 is 0.795 bits per heavy atom. The number of methoxy groups -OCH3 is 1. The van der Waals surface area contributed by atoms with E-state index < -0.39 is 5.97 Å². The number of carboxylic acid groups (broad SMARTS) is 1. The molecule has 3 N–H and O–H groups in total. The number of hydrogen-bond donors (Lipinski definition) is 3. The largest absolute Gasteiger partial charge is 0.481 e. The number of carboxylic acids is 1. The SMILES string of the molecule is CCCCCCC(O)CCCCCCCCCC(C)C(=O)O.CCCCCCC(O)CCCCCCCCCCC(=O)OC. The second kappa shape index (κ2) is 36.3. The molecular formula is C38H76O6. The van der Waals surface area contributed by atoms with Gasteiger partial charge in [-0.2, -0.15) is 0 Å². The van der Waals surface area contributed by atoms with Crippen molar-refractivity contribution in [1.82, 2.24) is 0 Å². The molecule has 0 rings (SSSR count). The quantitative estimate of drug-likeness (QED) is 0.0506. The van der Waals surface area contributed by atoms with Crippen LogP contribution in [0.15, 0.2) is 0 Å². The summed E-state index contributed by atoms with van der Waals surface area (Å²) in [6, 6.07) is 0. The van der Waals surface area contributed by atoms with Gasteiger partial charge in [0.2, 0.25) is 0 Å². The average molecular weight is 629 g/mol. The van der Waals surface area contributed by atoms with Crippen LogP contribution in [0, 0.1) is 5.92 Å². The molecule has 0 aromatic carbocycles. The van der Waals surface area contributed by atoms with Crippen LogP contribution in [-0.2, 0) is 14.3 Å². The van der Waals surface area contributed by atoms with Crippen LogP contribution in [0.5, 0.6) is 0 Å². The first kappa shape index (κ1) is 45.0. The summed E-state index contributed by atoms with van der Waals surface area (Å²) in [6.45, 7) is 6.22. The van der Waals surface area contributed by atoms with Gasteiger partial charge >= 0.3 is 11.9 Å².